The SMILES string of the molecule is CC(C)P(O)(=S)OCCCCCCN. The first kappa shape index (κ1) is 14.5. The lowest BCUT2D eigenvalue weighted by molar-refractivity contribution is 0.292. The Labute approximate surface area is 92.2 Å². The first-order valence-corrected chi connectivity index (χ1v) is 7.92. The van der Waals surface area contributed by atoms with Gasteiger partial charge in [-0.05, 0) is 31.2 Å². The van der Waals surface area contributed by atoms with Crippen molar-refractivity contribution in [2.24, 2.45) is 5.73 Å². The van der Waals surface area contributed by atoms with Crippen LogP contribution in [0.4, 0.5) is 0 Å². The highest BCUT2D eigenvalue weighted by atomic mass is 32.5. The minimum Gasteiger partial charge on any atom is -0.345 e. The Bertz CT molecular complexity index is 188. The van der Waals surface area contributed by atoms with Crippen LogP contribution in [0.1, 0.15) is 39.5 Å². The van der Waals surface area contributed by atoms with E-state index in [9.17, 15) is 4.89 Å². The van der Waals surface area contributed by atoms with Crippen molar-refractivity contribution >= 4 is 18.3 Å². The van der Waals surface area contributed by atoms with E-state index in [0.717, 1.165) is 32.2 Å². The first-order chi connectivity index (χ1) is 6.50. The van der Waals surface area contributed by atoms with Crippen molar-refractivity contribution in [1.29, 1.82) is 0 Å². The smallest absolute Gasteiger partial charge is 0.188 e. The summed E-state index contributed by atoms with van der Waals surface area (Å²) in [6.07, 6.45) is 4.27. The van der Waals surface area contributed by atoms with Crippen LogP contribution in [0.2, 0.25) is 0 Å². The summed E-state index contributed by atoms with van der Waals surface area (Å²) in [6, 6.07) is 0. The van der Waals surface area contributed by atoms with Gasteiger partial charge in [0, 0.05) is 5.66 Å². The molecule has 1 atom stereocenters. The Morgan fingerprint density at radius 1 is 1.29 bits per heavy atom. The normalized spacial score (nSPS) is 15.8. The van der Waals surface area contributed by atoms with Crippen LogP contribution >= 0.6 is 6.49 Å². The molecule has 0 spiro atoms. The Kier molecular flexibility index (Phi) is 8.07. The number of hydrogen-bond donors (Lipinski definition) is 2. The molecule has 0 amide bonds. The zero-order valence-electron chi connectivity index (χ0n) is 9.11. The van der Waals surface area contributed by atoms with E-state index in [1.165, 1.54) is 0 Å². The quantitative estimate of drug-likeness (QED) is 0.504. The molecule has 0 aromatic rings. The lowest BCUT2D eigenvalue weighted by Gasteiger charge is -2.19. The van der Waals surface area contributed by atoms with Gasteiger partial charge >= 0.3 is 0 Å². The van der Waals surface area contributed by atoms with E-state index in [1.807, 2.05) is 13.8 Å². The van der Waals surface area contributed by atoms with Crippen LogP contribution in [-0.4, -0.2) is 23.7 Å². The molecule has 86 valence electrons. The fraction of sp³-hybridized carbons (Fsp3) is 1.00. The second-order valence-electron chi connectivity index (χ2n) is 3.69. The van der Waals surface area contributed by atoms with Gasteiger partial charge in [-0.25, -0.2) is 0 Å². The minimum absolute atomic E-state index is 0.0570. The van der Waals surface area contributed by atoms with Gasteiger partial charge in [0.1, 0.15) is 0 Å². The zero-order chi connectivity index (χ0) is 11.0. The molecule has 0 bridgehead atoms. The predicted octanol–water partition coefficient (Wildman–Crippen LogP) is 2.23. The average Bonchev–Trinajstić information content (AvgIpc) is 2.10. The molecule has 3 N–H and O–H groups in total. The topological polar surface area (TPSA) is 55.5 Å². The van der Waals surface area contributed by atoms with Crippen LogP contribution in [-0.2, 0) is 16.3 Å². The van der Waals surface area contributed by atoms with Gasteiger partial charge in [-0.2, -0.15) is 0 Å². The Morgan fingerprint density at radius 3 is 2.36 bits per heavy atom. The summed E-state index contributed by atoms with van der Waals surface area (Å²) in [6.45, 7) is 2.62. The average molecular weight is 239 g/mol. The third kappa shape index (κ3) is 6.91. The summed E-state index contributed by atoms with van der Waals surface area (Å²) in [4.78, 5) is 9.68. The third-order valence-electron chi connectivity index (χ3n) is 2.03. The van der Waals surface area contributed by atoms with Gasteiger partial charge < -0.3 is 15.2 Å². The van der Waals surface area contributed by atoms with Gasteiger partial charge in [-0.1, -0.05) is 26.7 Å². The van der Waals surface area contributed by atoms with Crippen molar-refractivity contribution in [3.05, 3.63) is 0 Å². The van der Waals surface area contributed by atoms with E-state index in [-0.39, 0.29) is 5.66 Å². The van der Waals surface area contributed by atoms with Crippen LogP contribution in [0.15, 0.2) is 0 Å². The molecule has 3 nitrogen and oxygen atoms in total. The van der Waals surface area contributed by atoms with E-state index < -0.39 is 6.49 Å². The van der Waals surface area contributed by atoms with Crippen LogP contribution in [0, 0.1) is 0 Å². The first-order valence-electron chi connectivity index (χ1n) is 5.17. The van der Waals surface area contributed by atoms with Gasteiger partial charge in [0.2, 0.25) is 0 Å². The van der Waals surface area contributed by atoms with Gasteiger partial charge in [0.15, 0.2) is 6.49 Å². The Hall–Kier alpha value is 0.530. The summed E-state index contributed by atoms with van der Waals surface area (Å²) >= 11 is 4.99. The van der Waals surface area contributed by atoms with Crippen molar-refractivity contribution < 1.29 is 9.42 Å². The van der Waals surface area contributed by atoms with Crippen molar-refractivity contribution in [2.75, 3.05) is 13.2 Å². The molecule has 0 saturated carbocycles. The lowest BCUT2D eigenvalue weighted by Crippen LogP contribution is -2.02. The molecular formula is C9H22NO2PS. The molecule has 0 radical (unpaired) electrons. The number of rotatable bonds is 8. The highest BCUT2D eigenvalue weighted by molar-refractivity contribution is 8.09. The minimum atomic E-state index is -2.51. The molecule has 0 aliphatic rings. The standard InChI is InChI=1S/C9H22NO2PS/c1-9(2)13(11,14)12-8-6-4-3-5-7-10/h9H,3-8,10H2,1-2H3,(H,11,14). The van der Waals surface area contributed by atoms with Crippen molar-refractivity contribution in [2.45, 2.75) is 45.2 Å². The molecule has 0 aliphatic heterocycles. The molecule has 0 fully saturated rings. The van der Waals surface area contributed by atoms with Gasteiger partial charge in [-0.3, -0.25) is 0 Å². The summed E-state index contributed by atoms with van der Waals surface area (Å²) in [7, 11) is 0. The highest BCUT2D eigenvalue weighted by Crippen LogP contribution is 2.47. The van der Waals surface area contributed by atoms with E-state index in [4.69, 9.17) is 22.1 Å². The van der Waals surface area contributed by atoms with E-state index in [1.54, 1.807) is 0 Å². The fourth-order valence-corrected chi connectivity index (χ4v) is 1.86. The molecule has 0 saturated heterocycles. The Balaban J connectivity index is 3.40. The highest BCUT2D eigenvalue weighted by Gasteiger charge is 2.17. The van der Waals surface area contributed by atoms with Crippen LogP contribution in [0.3, 0.4) is 0 Å². The molecule has 0 heterocycles. The van der Waals surface area contributed by atoms with Gasteiger partial charge in [0.25, 0.3) is 0 Å². The van der Waals surface area contributed by atoms with Gasteiger partial charge in [0.05, 0.1) is 6.61 Å². The molecule has 14 heavy (non-hydrogen) atoms. The van der Waals surface area contributed by atoms with E-state index in [0.29, 0.717) is 6.61 Å². The monoisotopic (exact) mass is 239 g/mol. The summed E-state index contributed by atoms with van der Waals surface area (Å²) in [5.74, 6) is 0. The Morgan fingerprint density at radius 2 is 1.86 bits per heavy atom. The van der Waals surface area contributed by atoms with Crippen molar-refractivity contribution in [3.63, 3.8) is 0 Å². The lowest BCUT2D eigenvalue weighted by atomic mass is 10.2. The molecule has 0 rings (SSSR count). The number of nitrogens with two attached hydrogens (primary N) is 1. The molecule has 0 aliphatic carbocycles. The fourth-order valence-electron chi connectivity index (χ4n) is 0.944. The number of hydrogen-bond acceptors (Lipinski definition) is 3. The van der Waals surface area contributed by atoms with Crippen LogP contribution in [0.5, 0.6) is 0 Å². The second-order valence-corrected chi connectivity index (χ2v) is 7.68. The zero-order valence-corrected chi connectivity index (χ0v) is 10.8. The second kappa shape index (κ2) is 7.77. The van der Waals surface area contributed by atoms with Crippen molar-refractivity contribution in [3.8, 4) is 0 Å². The summed E-state index contributed by atoms with van der Waals surface area (Å²) in [5.41, 5.74) is 5.43. The van der Waals surface area contributed by atoms with Crippen molar-refractivity contribution in [1.82, 2.24) is 0 Å². The molecule has 0 aromatic heterocycles. The van der Waals surface area contributed by atoms with Crippen LogP contribution < -0.4 is 5.73 Å². The summed E-state index contributed by atoms with van der Waals surface area (Å²) < 4.78 is 5.32. The maximum Gasteiger partial charge on any atom is 0.188 e. The summed E-state index contributed by atoms with van der Waals surface area (Å²) in [5, 5.41) is 0. The van der Waals surface area contributed by atoms with Gasteiger partial charge in [-0.15, -0.1) is 0 Å². The van der Waals surface area contributed by atoms with Crippen LogP contribution in [0.25, 0.3) is 0 Å². The number of unbranched alkanes of at least 4 members (excludes halogenated alkanes) is 3. The third-order valence-corrected chi connectivity index (χ3v) is 5.47. The van der Waals surface area contributed by atoms with E-state index in [2.05, 4.69) is 0 Å². The molecule has 0 aromatic carbocycles. The van der Waals surface area contributed by atoms with E-state index >= 15 is 0 Å². The maximum atomic E-state index is 9.68. The maximum absolute atomic E-state index is 9.68. The molecule has 1 unspecified atom stereocenters. The largest absolute Gasteiger partial charge is 0.345 e. The molecule has 5 heteroatoms. The predicted molar refractivity (Wildman–Crippen MR) is 65.1 cm³/mol. The molecular weight excluding hydrogens is 217 g/mol.